The van der Waals surface area contributed by atoms with E-state index < -0.39 is 0 Å². The van der Waals surface area contributed by atoms with E-state index in [1.54, 1.807) is 42.5 Å². The smallest absolute Gasteiger partial charge is 0.257 e. The Bertz CT molecular complexity index is 686. The molecule has 3 N–H and O–H groups in total. The van der Waals surface area contributed by atoms with E-state index in [1.165, 1.54) is 6.07 Å². The molecule has 5 nitrogen and oxygen atoms in total. The van der Waals surface area contributed by atoms with Crippen LogP contribution in [0.5, 0.6) is 11.5 Å². The Balaban J connectivity index is 1.93. The van der Waals surface area contributed by atoms with Crippen LogP contribution in [0.2, 0.25) is 0 Å². The Kier molecular flexibility index (Phi) is 5.94. The van der Waals surface area contributed by atoms with Crippen LogP contribution in [0.1, 0.15) is 23.7 Å². The first-order valence-corrected chi connectivity index (χ1v) is 7.64. The SMILES string of the molecule is CCCOc1ccc(C(=O)NC(=S)Nc2ccccc2O)cc1. The molecule has 0 heterocycles. The number of anilines is 1. The van der Waals surface area contributed by atoms with Crippen LogP contribution in [0, 0.1) is 0 Å². The Hall–Kier alpha value is -2.60. The molecule has 0 aliphatic carbocycles. The maximum atomic E-state index is 12.1. The zero-order chi connectivity index (χ0) is 16.7. The van der Waals surface area contributed by atoms with Crippen LogP contribution >= 0.6 is 12.2 Å². The molecule has 2 rings (SSSR count). The Morgan fingerprint density at radius 1 is 1.17 bits per heavy atom. The van der Waals surface area contributed by atoms with Crippen molar-refractivity contribution in [3.05, 3.63) is 54.1 Å². The van der Waals surface area contributed by atoms with E-state index in [0.29, 0.717) is 17.9 Å². The largest absolute Gasteiger partial charge is 0.506 e. The van der Waals surface area contributed by atoms with Crippen LogP contribution in [0.3, 0.4) is 0 Å². The molecule has 6 heteroatoms. The standard InChI is InChI=1S/C17H18N2O3S/c1-2-11-22-13-9-7-12(8-10-13)16(21)19-17(23)18-14-5-3-4-6-15(14)20/h3-10,20H,2,11H2,1H3,(H2,18,19,21,23). The maximum absolute atomic E-state index is 12.1. The summed E-state index contributed by atoms with van der Waals surface area (Å²) in [5.74, 6) is 0.444. The zero-order valence-electron chi connectivity index (χ0n) is 12.7. The molecular weight excluding hydrogens is 312 g/mol. The summed E-state index contributed by atoms with van der Waals surface area (Å²) in [4.78, 5) is 12.1. The number of hydrogen-bond donors (Lipinski definition) is 3. The lowest BCUT2D eigenvalue weighted by atomic mass is 10.2. The van der Waals surface area contributed by atoms with Gasteiger partial charge in [0.15, 0.2) is 5.11 Å². The highest BCUT2D eigenvalue weighted by Gasteiger charge is 2.09. The van der Waals surface area contributed by atoms with Crippen LogP contribution in [0.4, 0.5) is 5.69 Å². The minimum atomic E-state index is -0.333. The van der Waals surface area contributed by atoms with Crippen molar-refractivity contribution in [1.29, 1.82) is 0 Å². The van der Waals surface area contributed by atoms with Gasteiger partial charge < -0.3 is 15.2 Å². The predicted octanol–water partition coefficient (Wildman–Crippen LogP) is 3.31. The maximum Gasteiger partial charge on any atom is 0.257 e. The first-order valence-electron chi connectivity index (χ1n) is 7.23. The van der Waals surface area contributed by atoms with Gasteiger partial charge in [0.2, 0.25) is 0 Å². The van der Waals surface area contributed by atoms with E-state index in [2.05, 4.69) is 10.6 Å². The van der Waals surface area contributed by atoms with E-state index in [-0.39, 0.29) is 16.8 Å². The summed E-state index contributed by atoms with van der Waals surface area (Å²) < 4.78 is 5.47. The summed E-state index contributed by atoms with van der Waals surface area (Å²) in [5, 5.41) is 15.1. The highest BCUT2D eigenvalue weighted by Crippen LogP contribution is 2.21. The Morgan fingerprint density at radius 3 is 2.52 bits per heavy atom. The van der Waals surface area contributed by atoms with Crippen molar-refractivity contribution in [1.82, 2.24) is 5.32 Å². The number of phenolic OH excluding ortho intramolecular Hbond substituents is 1. The number of phenols is 1. The first-order chi connectivity index (χ1) is 11.1. The van der Waals surface area contributed by atoms with E-state index in [1.807, 2.05) is 6.92 Å². The summed E-state index contributed by atoms with van der Waals surface area (Å²) in [6.07, 6.45) is 0.925. The van der Waals surface area contributed by atoms with E-state index in [0.717, 1.165) is 12.2 Å². The molecule has 0 unspecified atom stereocenters. The number of ether oxygens (including phenoxy) is 1. The van der Waals surface area contributed by atoms with Gasteiger partial charge in [-0.25, -0.2) is 0 Å². The van der Waals surface area contributed by atoms with Gasteiger partial charge in [-0.15, -0.1) is 0 Å². The highest BCUT2D eigenvalue weighted by atomic mass is 32.1. The number of thiocarbonyl (C=S) groups is 1. The molecule has 0 aliphatic rings. The second-order valence-corrected chi connectivity index (χ2v) is 5.21. The predicted molar refractivity (Wildman–Crippen MR) is 94.0 cm³/mol. The van der Waals surface area contributed by atoms with Gasteiger partial charge in [0, 0.05) is 5.56 Å². The summed E-state index contributed by atoms with van der Waals surface area (Å²) in [5.41, 5.74) is 0.899. The molecule has 0 radical (unpaired) electrons. The lowest BCUT2D eigenvalue weighted by Crippen LogP contribution is -2.34. The van der Waals surface area contributed by atoms with Gasteiger partial charge in [-0.3, -0.25) is 10.1 Å². The fraction of sp³-hybridized carbons (Fsp3) is 0.176. The number of carbonyl (C=O) groups excluding carboxylic acids is 1. The third-order valence-electron chi connectivity index (χ3n) is 2.97. The average Bonchev–Trinajstić information content (AvgIpc) is 2.55. The Morgan fingerprint density at radius 2 is 1.87 bits per heavy atom. The van der Waals surface area contributed by atoms with Gasteiger partial charge in [0.1, 0.15) is 11.5 Å². The molecule has 0 atom stereocenters. The number of carbonyl (C=O) groups is 1. The molecule has 0 spiro atoms. The number of nitrogens with one attached hydrogen (secondary N) is 2. The molecule has 0 aliphatic heterocycles. The normalized spacial score (nSPS) is 9.96. The molecule has 0 fully saturated rings. The van der Waals surface area contributed by atoms with Crippen LogP contribution in [-0.4, -0.2) is 22.7 Å². The van der Waals surface area contributed by atoms with Crippen molar-refractivity contribution in [3.63, 3.8) is 0 Å². The fourth-order valence-electron chi connectivity index (χ4n) is 1.83. The van der Waals surface area contributed by atoms with Gasteiger partial charge in [-0.1, -0.05) is 19.1 Å². The van der Waals surface area contributed by atoms with Gasteiger partial charge >= 0.3 is 0 Å². The van der Waals surface area contributed by atoms with Gasteiger partial charge in [0.25, 0.3) is 5.91 Å². The number of hydrogen-bond acceptors (Lipinski definition) is 4. The van der Waals surface area contributed by atoms with E-state index >= 15 is 0 Å². The molecule has 0 saturated heterocycles. The van der Waals surface area contributed by atoms with Crippen molar-refractivity contribution in [2.75, 3.05) is 11.9 Å². The number of rotatable bonds is 5. The second-order valence-electron chi connectivity index (χ2n) is 4.80. The lowest BCUT2D eigenvalue weighted by molar-refractivity contribution is 0.0977. The topological polar surface area (TPSA) is 70.6 Å². The van der Waals surface area contributed by atoms with E-state index in [4.69, 9.17) is 17.0 Å². The molecule has 1 amide bonds. The first kappa shape index (κ1) is 16.8. The van der Waals surface area contributed by atoms with Gasteiger partial charge in [0.05, 0.1) is 12.3 Å². The highest BCUT2D eigenvalue weighted by molar-refractivity contribution is 7.80. The number of amides is 1. The third kappa shape index (κ3) is 4.96. The third-order valence-corrected chi connectivity index (χ3v) is 3.17. The fourth-order valence-corrected chi connectivity index (χ4v) is 2.03. The van der Waals surface area contributed by atoms with Crippen molar-refractivity contribution < 1.29 is 14.6 Å². The van der Waals surface area contributed by atoms with Crippen molar-refractivity contribution >= 4 is 28.9 Å². The lowest BCUT2D eigenvalue weighted by Gasteiger charge is -2.11. The van der Waals surface area contributed by atoms with Crippen molar-refractivity contribution in [2.45, 2.75) is 13.3 Å². The quantitative estimate of drug-likeness (QED) is 0.579. The minimum absolute atomic E-state index is 0.0570. The van der Waals surface area contributed by atoms with Gasteiger partial charge in [-0.05, 0) is 55.0 Å². The monoisotopic (exact) mass is 330 g/mol. The molecular formula is C17H18N2O3S. The number of benzene rings is 2. The zero-order valence-corrected chi connectivity index (χ0v) is 13.5. The summed E-state index contributed by atoms with van der Waals surface area (Å²) in [7, 11) is 0. The second kappa shape index (κ2) is 8.14. The van der Waals surface area contributed by atoms with Gasteiger partial charge in [-0.2, -0.15) is 0 Å². The summed E-state index contributed by atoms with van der Waals surface area (Å²) in [6, 6.07) is 13.5. The molecule has 0 bridgehead atoms. The summed E-state index contributed by atoms with van der Waals surface area (Å²) in [6.45, 7) is 2.67. The molecule has 2 aromatic rings. The van der Waals surface area contributed by atoms with E-state index in [9.17, 15) is 9.90 Å². The van der Waals surface area contributed by atoms with Crippen LogP contribution in [0.25, 0.3) is 0 Å². The molecule has 0 saturated carbocycles. The van der Waals surface area contributed by atoms with Crippen molar-refractivity contribution in [3.8, 4) is 11.5 Å². The number of aromatic hydroxyl groups is 1. The van der Waals surface area contributed by atoms with Crippen LogP contribution in [0.15, 0.2) is 48.5 Å². The van der Waals surface area contributed by atoms with Crippen LogP contribution < -0.4 is 15.4 Å². The average molecular weight is 330 g/mol. The Labute approximate surface area is 140 Å². The summed E-state index contributed by atoms with van der Waals surface area (Å²) >= 11 is 5.08. The van der Waals surface area contributed by atoms with Crippen molar-refractivity contribution in [2.24, 2.45) is 0 Å². The molecule has 23 heavy (non-hydrogen) atoms. The van der Waals surface area contributed by atoms with Crippen LogP contribution in [-0.2, 0) is 0 Å². The molecule has 120 valence electrons. The minimum Gasteiger partial charge on any atom is -0.506 e. The molecule has 2 aromatic carbocycles. The number of para-hydroxylation sites is 2. The molecule has 0 aromatic heterocycles.